The van der Waals surface area contributed by atoms with Gasteiger partial charge in [-0.1, -0.05) is 18.2 Å². The number of fused-ring (bicyclic) bond motifs is 1. The SMILES string of the molecule is Cc1cc2c(=O)[nH]ccc2cc1OC1CCC(N)(c2ccccc2F)CC1. The molecule has 0 saturated heterocycles. The van der Waals surface area contributed by atoms with Crippen LogP contribution in [-0.4, -0.2) is 11.1 Å². The number of aryl methyl sites for hydroxylation is 1. The van der Waals surface area contributed by atoms with Gasteiger partial charge in [0.05, 0.1) is 6.10 Å². The van der Waals surface area contributed by atoms with Crippen LogP contribution in [0.3, 0.4) is 0 Å². The molecule has 1 aliphatic rings. The molecule has 5 heteroatoms. The second kappa shape index (κ2) is 6.82. The molecule has 0 radical (unpaired) electrons. The Morgan fingerprint density at radius 2 is 1.93 bits per heavy atom. The number of aromatic amines is 1. The summed E-state index contributed by atoms with van der Waals surface area (Å²) in [6.07, 6.45) is 4.54. The van der Waals surface area contributed by atoms with Crippen molar-refractivity contribution in [2.24, 2.45) is 5.73 Å². The van der Waals surface area contributed by atoms with Gasteiger partial charge in [0.15, 0.2) is 0 Å². The van der Waals surface area contributed by atoms with Crippen LogP contribution in [0.2, 0.25) is 0 Å². The van der Waals surface area contributed by atoms with Gasteiger partial charge in [0.25, 0.3) is 5.56 Å². The molecule has 0 unspecified atom stereocenters. The van der Waals surface area contributed by atoms with Crippen molar-refractivity contribution in [2.75, 3.05) is 0 Å². The molecule has 1 fully saturated rings. The van der Waals surface area contributed by atoms with E-state index in [2.05, 4.69) is 4.98 Å². The van der Waals surface area contributed by atoms with Crippen LogP contribution in [0.4, 0.5) is 4.39 Å². The molecule has 2 aromatic carbocycles. The molecule has 3 N–H and O–H groups in total. The van der Waals surface area contributed by atoms with Crippen LogP contribution >= 0.6 is 0 Å². The van der Waals surface area contributed by atoms with Gasteiger partial charge in [-0.2, -0.15) is 0 Å². The number of aromatic nitrogens is 1. The average Bonchev–Trinajstić information content (AvgIpc) is 2.65. The van der Waals surface area contributed by atoms with Gasteiger partial charge in [0.2, 0.25) is 0 Å². The van der Waals surface area contributed by atoms with E-state index in [0.717, 1.165) is 29.5 Å². The maximum atomic E-state index is 14.2. The Hall–Kier alpha value is -2.66. The second-order valence-electron chi connectivity index (χ2n) is 7.46. The van der Waals surface area contributed by atoms with Crippen molar-refractivity contribution in [3.05, 3.63) is 76.0 Å². The molecule has 1 aliphatic carbocycles. The predicted molar refractivity (Wildman–Crippen MR) is 104 cm³/mol. The second-order valence-corrected chi connectivity index (χ2v) is 7.46. The summed E-state index contributed by atoms with van der Waals surface area (Å²) in [5.41, 5.74) is 7.30. The smallest absolute Gasteiger partial charge is 0.255 e. The fourth-order valence-corrected chi connectivity index (χ4v) is 3.99. The van der Waals surface area contributed by atoms with Gasteiger partial charge in [-0.3, -0.25) is 4.79 Å². The van der Waals surface area contributed by atoms with Crippen LogP contribution in [0.5, 0.6) is 5.75 Å². The summed E-state index contributed by atoms with van der Waals surface area (Å²) in [4.78, 5) is 14.6. The lowest BCUT2D eigenvalue weighted by atomic mass is 9.76. The molecule has 1 aromatic heterocycles. The quantitative estimate of drug-likeness (QED) is 0.732. The number of H-pyrrole nitrogens is 1. The van der Waals surface area contributed by atoms with Crippen molar-refractivity contribution in [3.63, 3.8) is 0 Å². The first-order valence-corrected chi connectivity index (χ1v) is 9.29. The number of hydrogen-bond acceptors (Lipinski definition) is 3. The van der Waals surface area contributed by atoms with Crippen molar-refractivity contribution in [1.29, 1.82) is 0 Å². The fourth-order valence-electron chi connectivity index (χ4n) is 3.99. The number of halogens is 1. The first kappa shape index (κ1) is 17.7. The topological polar surface area (TPSA) is 68.1 Å². The molecular formula is C22H23FN2O2. The van der Waals surface area contributed by atoms with Gasteiger partial charge in [-0.05, 0) is 67.8 Å². The van der Waals surface area contributed by atoms with Crippen LogP contribution in [0.15, 0.2) is 53.5 Å². The molecule has 0 atom stereocenters. The Labute approximate surface area is 157 Å². The molecule has 0 amide bonds. The Balaban J connectivity index is 1.51. The number of pyridine rings is 1. The highest BCUT2D eigenvalue weighted by Gasteiger charge is 2.35. The standard InChI is InChI=1S/C22H23FN2O2/c1-14-12-17-15(8-11-25-21(17)26)13-20(14)27-16-6-9-22(24,10-7-16)18-4-2-3-5-19(18)23/h2-5,8,11-13,16H,6-7,9-10,24H2,1H3,(H,25,26). The van der Waals surface area contributed by atoms with E-state index in [0.29, 0.717) is 23.8 Å². The van der Waals surface area contributed by atoms with Crippen molar-refractivity contribution < 1.29 is 9.13 Å². The fraction of sp³-hybridized carbons (Fsp3) is 0.318. The van der Waals surface area contributed by atoms with Gasteiger partial charge >= 0.3 is 0 Å². The number of benzene rings is 2. The summed E-state index contributed by atoms with van der Waals surface area (Å²) >= 11 is 0. The summed E-state index contributed by atoms with van der Waals surface area (Å²) in [7, 11) is 0. The third kappa shape index (κ3) is 3.35. The molecular weight excluding hydrogens is 343 g/mol. The van der Waals surface area contributed by atoms with E-state index in [1.54, 1.807) is 18.3 Å². The monoisotopic (exact) mass is 366 g/mol. The molecule has 4 nitrogen and oxygen atoms in total. The highest BCUT2D eigenvalue weighted by Crippen LogP contribution is 2.38. The Morgan fingerprint density at radius 1 is 1.19 bits per heavy atom. The highest BCUT2D eigenvalue weighted by atomic mass is 19.1. The summed E-state index contributed by atoms with van der Waals surface area (Å²) in [6.45, 7) is 1.94. The molecule has 0 bridgehead atoms. The minimum absolute atomic E-state index is 0.0339. The van der Waals surface area contributed by atoms with Crippen LogP contribution in [-0.2, 0) is 5.54 Å². The van der Waals surface area contributed by atoms with Gasteiger partial charge in [0, 0.05) is 22.7 Å². The van der Waals surface area contributed by atoms with E-state index in [4.69, 9.17) is 10.5 Å². The highest BCUT2D eigenvalue weighted by molar-refractivity contribution is 5.83. The average molecular weight is 366 g/mol. The Bertz CT molecular complexity index is 1040. The number of rotatable bonds is 3. The van der Waals surface area contributed by atoms with Crippen molar-refractivity contribution >= 4 is 10.8 Å². The van der Waals surface area contributed by atoms with E-state index in [1.165, 1.54) is 6.07 Å². The maximum absolute atomic E-state index is 14.2. The first-order chi connectivity index (χ1) is 13.0. The van der Waals surface area contributed by atoms with E-state index < -0.39 is 5.54 Å². The normalized spacial score (nSPS) is 22.7. The van der Waals surface area contributed by atoms with Gasteiger partial charge in [0.1, 0.15) is 11.6 Å². The van der Waals surface area contributed by atoms with Gasteiger partial charge in [-0.25, -0.2) is 4.39 Å². The van der Waals surface area contributed by atoms with Crippen LogP contribution in [0, 0.1) is 12.7 Å². The van der Waals surface area contributed by atoms with Crippen LogP contribution in [0.25, 0.3) is 10.8 Å². The lowest BCUT2D eigenvalue weighted by Gasteiger charge is -2.38. The molecule has 0 aliphatic heterocycles. The number of hydrogen-bond donors (Lipinski definition) is 2. The van der Waals surface area contributed by atoms with Gasteiger partial charge in [-0.15, -0.1) is 0 Å². The lowest BCUT2D eigenvalue weighted by molar-refractivity contribution is 0.116. The summed E-state index contributed by atoms with van der Waals surface area (Å²) in [5, 5.41) is 1.52. The third-order valence-corrected chi connectivity index (χ3v) is 5.60. The summed E-state index contributed by atoms with van der Waals surface area (Å²) < 4.78 is 20.4. The minimum atomic E-state index is -0.642. The summed E-state index contributed by atoms with van der Waals surface area (Å²) in [5.74, 6) is 0.545. The molecule has 1 saturated carbocycles. The number of nitrogens with one attached hydrogen (secondary N) is 1. The molecule has 0 spiro atoms. The zero-order valence-corrected chi connectivity index (χ0v) is 15.3. The van der Waals surface area contributed by atoms with E-state index in [-0.39, 0.29) is 17.5 Å². The molecule has 140 valence electrons. The predicted octanol–water partition coefficient (Wildman–Crippen LogP) is 4.15. The largest absolute Gasteiger partial charge is 0.490 e. The van der Waals surface area contributed by atoms with Crippen LogP contribution in [0.1, 0.15) is 36.8 Å². The van der Waals surface area contributed by atoms with E-state index >= 15 is 0 Å². The molecule has 3 aromatic rings. The summed E-state index contributed by atoms with van der Waals surface area (Å²) in [6, 6.07) is 12.4. The van der Waals surface area contributed by atoms with Crippen molar-refractivity contribution in [2.45, 2.75) is 44.2 Å². The molecule has 4 rings (SSSR count). The Morgan fingerprint density at radius 3 is 2.67 bits per heavy atom. The third-order valence-electron chi connectivity index (χ3n) is 5.60. The van der Waals surface area contributed by atoms with E-state index in [1.807, 2.05) is 31.2 Å². The van der Waals surface area contributed by atoms with Crippen molar-refractivity contribution in [1.82, 2.24) is 4.98 Å². The molecule has 1 heterocycles. The number of ether oxygens (including phenoxy) is 1. The van der Waals surface area contributed by atoms with E-state index in [9.17, 15) is 9.18 Å². The zero-order valence-electron chi connectivity index (χ0n) is 15.3. The minimum Gasteiger partial charge on any atom is -0.490 e. The number of nitrogens with two attached hydrogens (primary N) is 1. The maximum Gasteiger partial charge on any atom is 0.255 e. The lowest BCUT2D eigenvalue weighted by Crippen LogP contribution is -2.43. The van der Waals surface area contributed by atoms with Crippen LogP contribution < -0.4 is 16.0 Å². The Kier molecular flexibility index (Phi) is 4.48. The van der Waals surface area contributed by atoms with Gasteiger partial charge < -0.3 is 15.5 Å². The first-order valence-electron chi connectivity index (χ1n) is 9.29. The molecule has 27 heavy (non-hydrogen) atoms. The zero-order chi connectivity index (χ0) is 19.0. The van der Waals surface area contributed by atoms with Crippen molar-refractivity contribution in [3.8, 4) is 5.75 Å².